The Kier molecular flexibility index (Phi) is 4.02. The Morgan fingerprint density at radius 3 is 2.72 bits per heavy atom. The summed E-state index contributed by atoms with van der Waals surface area (Å²) < 4.78 is 1.19. The molecule has 18 heavy (non-hydrogen) atoms. The van der Waals surface area contributed by atoms with Crippen LogP contribution in [-0.2, 0) is 0 Å². The van der Waals surface area contributed by atoms with Gasteiger partial charge in [-0.1, -0.05) is 29.8 Å². The lowest BCUT2D eigenvalue weighted by Gasteiger charge is -2.45. The van der Waals surface area contributed by atoms with Crippen molar-refractivity contribution in [3.8, 4) is 0 Å². The highest BCUT2D eigenvalue weighted by atomic mass is 79.9. The number of nitrogens with one attached hydrogen (secondary N) is 1. The Morgan fingerprint density at radius 1 is 1.39 bits per heavy atom. The Hall–Kier alpha value is -0.540. The summed E-state index contributed by atoms with van der Waals surface area (Å²) in [5, 5.41) is 3.47. The van der Waals surface area contributed by atoms with Crippen LogP contribution in [0, 0.1) is 12.3 Å². The van der Waals surface area contributed by atoms with E-state index < -0.39 is 0 Å². The first kappa shape index (κ1) is 13.9. The van der Waals surface area contributed by atoms with Gasteiger partial charge in [-0.2, -0.15) is 0 Å². The molecule has 1 unspecified atom stereocenters. The first-order valence-electron chi connectivity index (χ1n) is 6.62. The zero-order valence-corrected chi connectivity index (χ0v) is 13.3. The van der Waals surface area contributed by atoms with Crippen LogP contribution < -0.4 is 10.2 Å². The van der Waals surface area contributed by atoms with Crippen LogP contribution in [0.1, 0.15) is 25.8 Å². The molecule has 1 saturated heterocycles. The number of anilines is 1. The summed E-state index contributed by atoms with van der Waals surface area (Å²) in [6, 6.07) is 7.19. The summed E-state index contributed by atoms with van der Waals surface area (Å²) in [6.07, 6.45) is 1.23. The van der Waals surface area contributed by atoms with Gasteiger partial charge in [0.2, 0.25) is 0 Å². The molecule has 1 aliphatic rings. The quantitative estimate of drug-likeness (QED) is 0.898. The van der Waals surface area contributed by atoms with Gasteiger partial charge >= 0.3 is 0 Å². The van der Waals surface area contributed by atoms with E-state index in [-0.39, 0.29) is 0 Å². The number of hydrogen-bond donors (Lipinski definition) is 1. The van der Waals surface area contributed by atoms with Crippen molar-refractivity contribution in [2.75, 3.05) is 25.0 Å². The molecule has 1 aliphatic heterocycles. The summed E-state index contributed by atoms with van der Waals surface area (Å²) in [5.41, 5.74) is 3.03. The molecule has 0 spiro atoms. The predicted molar refractivity (Wildman–Crippen MR) is 82.3 cm³/mol. The molecule has 100 valence electrons. The third-order valence-electron chi connectivity index (χ3n) is 4.23. The van der Waals surface area contributed by atoms with Crippen LogP contribution in [-0.4, -0.2) is 26.2 Å². The summed E-state index contributed by atoms with van der Waals surface area (Å²) >= 11 is 3.57. The number of piperidine rings is 1. The number of halogens is 1. The standard InChI is InChI=1S/C15H23BrN2/c1-11-9-12(5-6-13(11)16)18-8-7-15(2,3)14(10-18)17-4/h5-6,9,14,17H,7-8,10H2,1-4H3. The zero-order valence-electron chi connectivity index (χ0n) is 11.8. The third-order valence-corrected chi connectivity index (χ3v) is 5.12. The number of rotatable bonds is 2. The van der Waals surface area contributed by atoms with Crippen molar-refractivity contribution in [2.45, 2.75) is 33.2 Å². The van der Waals surface area contributed by atoms with E-state index in [2.05, 4.69) is 72.2 Å². The Balaban J connectivity index is 2.18. The maximum Gasteiger partial charge on any atom is 0.0370 e. The second kappa shape index (κ2) is 5.22. The lowest BCUT2D eigenvalue weighted by molar-refractivity contribution is 0.208. The smallest absolute Gasteiger partial charge is 0.0370 e. The first-order chi connectivity index (χ1) is 8.44. The second-order valence-corrected chi connectivity index (χ2v) is 6.81. The lowest BCUT2D eigenvalue weighted by Crippen LogP contribution is -2.54. The van der Waals surface area contributed by atoms with Gasteiger partial charge in [0.1, 0.15) is 0 Å². The van der Waals surface area contributed by atoms with Gasteiger partial charge in [-0.15, -0.1) is 0 Å². The van der Waals surface area contributed by atoms with Crippen molar-refractivity contribution in [3.05, 3.63) is 28.2 Å². The molecular formula is C15H23BrN2. The first-order valence-corrected chi connectivity index (χ1v) is 7.42. The number of hydrogen-bond acceptors (Lipinski definition) is 2. The van der Waals surface area contributed by atoms with Gasteiger partial charge in [0.05, 0.1) is 0 Å². The highest BCUT2D eigenvalue weighted by Crippen LogP contribution is 2.33. The summed E-state index contributed by atoms with van der Waals surface area (Å²) in [4.78, 5) is 2.49. The fraction of sp³-hybridized carbons (Fsp3) is 0.600. The second-order valence-electron chi connectivity index (χ2n) is 5.96. The molecule has 1 heterocycles. The Bertz CT molecular complexity index is 429. The Morgan fingerprint density at radius 2 is 2.11 bits per heavy atom. The molecule has 1 fully saturated rings. The van der Waals surface area contributed by atoms with Crippen molar-refractivity contribution in [1.29, 1.82) is 0 Å². The molecule has 0 aliphatic carbocycles. The minimum Gasteiger partial charge on any atom is -0.370 e. The van der Waals surface area contributed by atoms with Crippen molar-refractivity contribution >= 4 is 21.6 Å². The SMILES string of the molecule is CNC1CN(c2ccc(Br)c(C)c2)CCC1(C)C. The average molecular weight is 311 g/mol. The number of nitrogens with zero attached hydrogens (tertiary/aromatic N) is 1. The normalized spacial score (nSPS) is 23.2. The highest BCUT2D eigenvalue weighted by molar-refractivity contribution is 9.10. The number of aryl methyl sites for hydroxylation is 1. The third kappa shape index (κ3) is 2.72. The van der Waals surface area contributed by atoms with Crippen LogP contribution in [0.2, 0.25) is 0 Å². The van der Waals surface area contributed by atoms with E-state index in [0.29, 0.717) is 11.5 Å². The number of benzene rings is 1. The van der Waals surface area contributed by atoms with Crippen molar-refractivity contribution < 1.29 is 0 Å². The lowest BCUT2D eigenvalue weighted by atomic mass is 9.78. The van der Waals surface area contributed by atoms with E-state index in [1.165, 1.54) is 22.1 Å². The maximum absolute atomic E-state index is 3.57. The maximum atomic E-state index is 3.57. The molecule has 0 amide bonds. The van der Waals surface area contributed by atoms with Crippen LogP contribution in [0.15, 0.2) is 22.7 Å². The molecule has 2 nitrogen and oxygen atoms in total. The van der Waals surface area contributed by atoms with Gasteiger partial charge in [0.25, 0.3) is 0 Å². The minimum absolute atomic E-state index is 0.385. The van der Waals surface area contributed by atoms with E-state index in [9.17, 15) is 0 Å². The van der Waals surface area contributed by atoms with E-state index in [0.717, 1.165) is 13.1 Å². The molecule has 1 aromatic rings. The molecule has 0 bridgehead atoms. The van der Waals surface area contributed by atoms with Gasteiger partial charge in [0, 0.05) is 29.3 Å². The van der Waals surface area contributed by atoms with E-state index in [1.54, 1.807) is 0 Å². The number of likely N-dealkylation sites (N-methyl/N-ethyl adjacent to an activating group) is 1. The van der Waals surface area contributed by atoms with Gasteiger partial charge in [-0.05, 0) is 49.6 Å². The summed E-state index contributed by atoms with van der Waals surface area (Å²) in [6.45, 7) is 9.10. The minimum atomic E-state index is 0.385. The molecule has 0 saturated carbocycles. The topological polar surface area (TPSA) is 15.3 Å². The Labute approximate surface area is 119 Å². The van der Waals surface area contributed by atoms with Crippen molar-refractivity contribution in [3.63, 3.8) is 0 Å². The van der Waals surface area contributed by atoms with Gasteiger partial charge < -0.3 is 10.2 Å². The van der Waals surface area contributed by atoms with E-state index >= 15 is 0 Å². The van der Waals surface area contributed by atoms with Crippen LogP contribution in [0.4, 0.5) is 5.69 Å². The van der Waals surface area contributed by atoms with Gasteiger partial charge in [0.15, 0.2) is 0 Å². The fourth-order valence-electron chi connectivity index (χ4n) is 2.70. The molecule has 0 aromatic heterocycles. The highest BCUT2D eigenvalue weighted by Gasteiger charge is 2.34. The van der Waals surface area contributed by atoms with Crippen LogP contribution in [0.25, 0.3) is 0 Å². The fourth-order valence-corrected chi connectivity index (χ4v) is 2.94. The van der Waals surface area contributed by atoms with Gasteiger partial charge in [-0.3, -0.25) is 0 Å². The van der Waals surface area contributed by atoms with Crippen LogP contribution >= 0.6 is 15.9 Å². The van der Waals surface area contributed by atoms with Crippen LogP contribution in [0.3, 0.4) is 0 Å². The van der Waals surface area contributed by atoms with Gasteiger partial charge in [-0.25, -0.2) is 0 Å². The van der Waals surface area contributed by atoms with Crippen molar-refractivity contribution in [2.24, 2.45) is 5.41 Å². The molecular weight excluding hydrogens is 288 g/mol. The zero-order chi connectivity index (χ0) is 13.3. The summed E-state index contributed by atoms with van der Waals surface area (Å²) in [7, 11) is 2.07. The molecule has 1 atom stereocenters. The van der Waals surface area contributed by atoms with E-state index in [1.807, 2.05) is 0 Å². The van der Waals surface area contributed by atoms with Crippen molar-refractivity contribution in [1.82, 2.24) is 5.32 Å². The molecule has 0 radical (unpaired) electrons. The summed E-state index contributed by atoms with van der Waals surface area (Å²) in [5.74, 6) is 0. The monoisotopic (exact) mass is 310 g/mol. The predicted octanol–water partition coefficient (Wildman–Crippen LogP) is 3.58. The molecule has 3 heteroatoms. The average Bonchev–Trinajstić information content (AvgIpc) is 2.32. The molecule has 2 rings (SSSR count). The van der Waals surface area contributed by atoms with E-state index in [4.69, 9.17) is 0 Å². The molecule has 1 N–H and O–H groups in total. The van der Waals surface area contributed by atoms with Crippen LogP contribution in [0.5, 0.6) is 0 Å². The molecule has 1 aromatic carbocycles. The largest absolute Gasteiger partial charge is 0.370 e.